The van der Waals surface area contributed by atoms with E-state index in [0.29, 0.717) is 5.75 Å². The topological polar surface area (TPSA) is 110 Å². The first-order valence-electron chi connectivity index (χ1n) is 5.44. The van der Waals surface area contributed by atoms with Gasteiger partial charge in [-0.05, 0) is 17.7 Å². The van der Waals surface area contributed by atoms with Gasteiger partial charge >= 0.3 is 0 Å². The number of H-pyrrole nitrogens is 1. The lowest BCUT2D eigenvalue weighted by Gasteiger charge is -2.06. The molecule has 102 valence electrons. The molecule has 0 spiro atoms. The Balaban J connectivity index is 2.07. The zero-order chi connectivity index (χ0) is 13.9. The van der Waals surface area contributed by atoms with Crippen LogP contribution >= 0.6 is 0 Å². The van der Waals surface area contributed by atoms with Gasteiger partial charge in [-0.15, -0.1) is 0 Å². The van der Waals surface area contributed by atoms with E-state index < -0.39 is 10.0 Å². The number of hydrogen-bond acceptors (Lipinski definition) is 5. The number of aromatic nitrogens is 2. The summed E-state index contributed by atoms with van der Waals surface area (Å²) >= 11 is 0. The highest BCUT2D eigenvalue weighted by Gasteiger charge is 2.19. The molecule has 0 fully saturated rings. The minimum Gasteiger partial charge on any atom is -0.497 e. The molecule has 0 bridgehead atoms. The SMILES string of the molecule is COc1ccc(CNS(=O)(=O)c2nc[nH]c2N)cc1. The fourth-order valence-electron chi connectivity index (χ4n) is 1.50. The van der Waals surface area contributed by atoms with Crippen molar-refractivity contribution >= 4 is 15.8 Å². The lowest BCUT2D eigenvalue weighted by atomic mass is 10.2. The number of imidazole rings is 1. The molecule has 0 saturated carbocycles. The number of aromatic amines is 1. The van der Waals surface area contributed by atoms with Gasteiger partial charge in [-0.1, -0.05) is 12.1 Å². The van der Waals surface area contributed by atoms with Crippen LogP contribution in [0.5, 0.6) is 5.75 Å². The van der Waals surface area contributed by atoms with Crippen LogP contribution in [0.4, 0.5) is 5.82 Å². The van der Waals surface area contributed by atoms with Crippen molar-refractivity contribution in [3.05, 3.63) is 36.2 Å². The molecule has 2 aromatic rings. The molecule has 0 amide bonds. The fourth-order valence-corrected chi connectivity index (χ4v) is 2.53. The fraction of sp³-hybridized carbons (Fsp3) is 0.182. The van der Waals surface area contributed by atoms with Crippen LogP contribution in [0.1, 0.15) is 5.56 Å². The first kappa shape index (κ1) is 13.4. The van der Waals surface area contributed by atoms with E-state index >= 15 is 0 Å². The lowest BCUT2D eigenvalue weighted by Crippen LogP contribution is -2.24. The van der Waals surface area contributed by atoms with Crippen LogP contribution in [0.3, 0.4) is 0 Å². The first-order valence-corrected chi connectivity index (χ1v) is 6.92. The molecular formula is C11H14N4O3S. The molecule has 0 radical (unpaired) electrons. The largest absolute Gasteiger partial charge is 0.497 e. The molecule has 0 aliphatic heterocycles. The molecule has 0 aliphatic carbocycles. The van der Waals surface area contributed by atoms with E-state index in [-0.39, 0.29) is 17.4 Å². The summed E-state index contributed by atoms with van der Waals surface area (Å²) in [4.78, 5) is 6.20. The number of hydrogen-bond donors (Lipinski definition) is 3. The number of nitrogen functional groups attached to an aromatic ring is 1. The molecule has 0 unspecified atom stereocenters. The van der Waals surface area contributed by atoms with Crippen molar-refractivity contribution in [2.45, 2.75) is 11.6 Å². The number of rotatable bonds is 5. The Kier molecular flexibility index (Phi) is 3.72. The predicted octanol–water partition coefficient (Wildman–Crippen LogP) is 0.479. The highest BCUT2D eigenvalue weighted by atomic mass is 32.2. The third kappa shape index (κ3) is 3.04. The molecule has 8 heteroatoms. The second-order valence-electron chi connectivity index (χ2n) is 3.79. The van der Waals surface area contributed by atoms with Gasteiger partial charge < -0.3 is 15.5 Å². The molecule has 1 heterocycles. The van der Waals surface area contributed by atoms with Crippen molar-refractivity contribution in [2.75, 3.05) is 12.8 Å². The quantitative estimate of drug-likeness (QED) is 0.738. The van der Waals surface area contributed by atoms with E-state index in [4.69, 9.17) is 10.5 Å². The van der Waals surface area contributed by atoms with Crippen LogP contribution < -0.4 is 15.2 Å². The summed E-state index contributed by atoms with van der Waals surface area (Å²) in [5.74, 6) is 0.727. The Labute approximate surface area is 110 Å². The van der Waals surface area contributed by atoms with E-state index in [1.165, 1.54) is 6.33 Å². The van der Waals surface area contributed by atoms with Gasteiger partial charge in [-0.3, -0.25) is 0 Å². The maximum atomic E-state index is 11.9. The lowest BCUT2D eigenvalue weighted by molar-refractivity contribution is 0.414. The Morgan fingerprint density at radius 2 is 2.05 bits per heavy atom. The smallest absolute Gasteiger partial charge is 0.262 e. The zero-order valence-corrected chi connectivity index (χ0v) is 11.1. The van der Waals surface area contributed by atoms with Crippen LogP contribution in [0, 0.1) is 0 Å². The molecule has 7 nitrogen and oxygen atoms in total. The van der Waals surface area contributed by atoms with E-state index in [2.05, 4.69) is 14.7 Å². The average molecular weight is 282 g/mol. The summed E-state index contributed by atoms with van der Waals surface area (Å²) in [5, 5.41) is -0.194. The Morgan fingerprint density at radius 1 is 1.37 bits per heavy atom. The normalized spacial score (nSPS) is 11.4. The van der Waals surface area contributed by atoms with E-state index in [1.807, 2.05) is 0 Å². The van der Waals surface area contributed by atoms with Crippen molar-refractivity contribution in [3.8, 4) is 5.75 Å². The summed E-state index contributed by atoms with van der Waals surface area (Å²) in [7, 11) is -2.14. The molecule has 2 rings (SSSR count). The number of nitrogens with one attached hydrogen (secondary N) is 2. The van der Waals surface area contributed by atoms with Crippen LogP contribution in [0.25, 0.3) is 0 Å². The number of benzene rings is 1. The maximum Gasteiger partial charge on any atom is 0.262 e. The minimum atomic E-state index is -3.71. The molecule has 0 atom stereocenters. The number of methoxy groups -OCH3 is 1. The number of nitrogens with two attached hydrogens (primary N) is 1. The molecule has 0 saturated heterocycles. The highest BCUT2D eigenvalue weighted by Crippen LogP contribution is 2.14. The molecule has 1 aromatic heterocycles. The second kappa shape index (κ2) is 5.29. The van der Waals surface area contributed by atoms with Crippen LogP contribution in [0.15, 0.2) is 35.6 Å². The van der Waals surface area contributed by atoms with Crippen molar-refractivity contribution in [2.24, 2.45) is 0 Å². The standard InChI is InChI=1S/C11H14N4O3S/c1-18-9-4-2-8(3-5-9)6-15-19(16,17)11-10(12)13-7-14-11/h2-5,7,15H,6,12H2,1H3,(H,13,14). The Bertz CT molecular complexity index is 649. The van der Waals surface area contributed by atoms with E-state index in [9.17, 15) is 8.42 Å². The van der Waals surface area contributed by atoms with Crippen LogP contribution in [-0.4, -0.2) is 25.5 Å². The van der Waals surface area contributed by atoms with Crippen molar-refractivity contribution in [3.63, 3.8) is 0 Å². The molecule has 1 aromatic carbocycles. The van der Waals surface area contributed by atoms with Gasteiger partial charge in [0.15, 0.2) is 0 Å². The van der Waals surface area contributed by atoms with Gasteiger partial charge in [0.2, 0.25) is 5.03 Å². The van der Waals surface area contributed by atoms with Crippen LogP contribution in [0.2, 0.25) is 0 Å². The van der Waals surface area contributed by atoms with E-state index in [1.54, 1.807) is 31.4 Å². The van der Waals surface area contributed by atoms with Crippen LogP contribution in [-0.2, 0) is 16.6 Å². The van der Waals surface area contributed by atoms with Crippen molar-refractivity contribution in [1.82, 2.24) is 14.7 Å². The summed E-state index contributed by atoms with van der Waals surface area (Å²) in [5.41, 5.74) is 6.28. The predicted molar refractivity (Wildman–Crippen MR) is 70.0 cm³/mol. The van der Waals surface area contributed by atoms with Crippen molar-refractivity contribution < 1.29 is 13.2 Å². The minimum absolute atomic E-state index is 0.0160. The Hall–Kier alpha value is -2.06. The monoisotopic (exact) mass is 282 g/mol. The summed E-state index contributed by atoms with van der Waals surface area (Å²) in [6.07, 6.45) is 1.23. The number of anilines is 1. The average Bonchev–Trinajstić information content (AvgIpc) is 2.84. The number of ether oxygens (including phenoxy) is 1. The van der Waals surface area contributed by atoms with Gasteiger partial charge in [0.05, 0.1) is 13.4 Å². The summed E-state index contributed by atoms with van der Waals surface area (Å²) in [6, 6.07) is 7.06. The summed E-state index contributed by atoms with van der Waals surface area (Å²) < 4.78 is 31.3. The first-order chi connectivity index (χ1) is 9.03. The number of nitrogens with zero attached hydrogens (tertiary/aromatic N) is 1. The molecule has 4 N–H and O–H groups in total. The molecule has 0 aliphatic rings. The third-order valence-electron chi connectivity index (χ3n) is 2.51. The van der Waals surface area contributed by atoms with Gasteiger partial charge in [-0.25, -0.2) is 18.1 Å². The summed E-state index contributed by atoms with van der Waals surface area (Å²) in [6.45, 7) is 0.151. The molecule has 19 heavy (non-hydrogen) atoms. The number of sulfonamides is 1. The van der Waals surface area contributed by atoms with Gasteiger partial charge in [0.25, 0.3) is 10.0 Å². The highest BCUT2D eigenvalue weighted by molar-refractivity contribution is 7.89. The molecular weight excluding hydrogens is 268 g/mol. The maximum absolute atomic E-state index is 11.9. The van der Waals surface area contributed by atoms with Gasteiger partial charge in [0.1, 0.15) is 11.6 Å². The third-order valence-corrected chi connectivity index (χ3v) is 3.87. The van der Waals surface area contributed by atoms with Gasteiger partial charge in [-0.2, -0.15) is 0 Å². The van der Waals surface area contributed by atoms with E-state index in [0.717, 1.165) is 5.56 Å². The van der Waals surface area contributed by atoms with Crippen molar-refractivity contribution in [1.29, 1.82) is 0 Å². The van der Waals surface area contributed by atoms with Gasteiger partial charge in [0, 0.05) is 6.54 Å². The second-order valence-corrected chi connectivity index (χ2v) is 5.48. The zero-order valence-electron chi connectivity index (χ0n) is 10.3. The Morgan fingerprint density at radius 3 is 2.58 bits per heavy atom.